The Morgan fingerprint density at radius 1 is 1.08 bits per heavy atom. The van der Waals surface area contributed by atoms with E-state index in [1.54, 1.807) is 6.92 Å². The molecule has 16 heteroatoms. The Morgan fingerprint density at radius 2 is 1.84 bits per heavy atom. The zero-order chi connectivity index (χ0) is 44.6. The van der Waals surface area contributed by atoms with Crippen LogP contribution in [0.25, 0.3) is 10.9 Å². The number of aryl methyl sites for hydroxylation is 1. The Balaban J connectivity index is 0.877. The number of H-pyrrole nitrogens is 1. The van der Waals surface area contributed by atoms with E-state index in [9.17, 15) is 32.4 Å². The average molecular weight is 879 g/mol. The molecule has 1 unspecified atom stereocenters. The highest BCUT2D eigenvalue weighted by atomic mass is 32.2. The number of hydrogen-bond donors (Lipinski definition) is 5. The van der Waals surface area contributed by atoms with Gasteiger partial charge in [-0.2, -0.15) is 0 Å². The van der Waals surface area contributed by atoms with Gasteiger partial charge in [0.2, 0.25) is 21.8 Å². The molecular formula is C46H66N6O9S. The second kappa shape index (κ2) is 18.0. The van der Waals surface area contributed by atoms with Crippen LogP contribution in [0.4, 0.5) is 4.79 Å². The molecular weight excluding hydrogens is 813 g/mol. The van der Waals surface area contributed by atoms with Crippen LogP contribution in [0.3, 0.4) is 0 Å². The van der Waals surface area contributed by atoms with Crippen LogP contribution in [-0.4, -0.2) is 96.3 Å². The summed E-state index contributed by atoms with van der Waals surface area (Å²) in [6.45, 7) is 14.5. The number of amides is 4. The first-order valence-electron chi connectivity index (χ1n) is 22.7. The number of fused-ring (bicyclic) bond motifs is 1. The van der Waals surface area contributed by atoms with Gasteiger partial charge < -0.3 is 35.3 Å². The smallest absolute Gasteiger partial charge is 0.408 e. The zero-order valence-electron chi connectivity index (χ0n) is 37.0. The highest BCUT2D eigenvalue weighted by molar-refractivity contribution is 7.91. The number of nitrogens with zero attached hydrogens (tertiary/aromatic N) is 1. The number of aromatic nitrogens is 1. The molecule has 2 heterocycles. The number of pyridine rings is 1. The molecule has 5 N–H and O–H groups in total. The fraction of sp³-hybridized carbons (Fsp3) is 0.674. The summed E-state index contributed by atoms with van der Waals surface area (Å²) in [6.07, 6.45) is 10.7. The van der Waals surface area contributed by atoms with Gasteiger partial charge in [-0.1, -0.05) is 45.8 Å². The molecule has 1 aromatic carbocycles. The molecule has 7 rings (SSSR count). The average Bonchev–Trinajstić information content (AvgIpc) is 4.07. The largest absolute Gasteiger partial charge is 0.492 e. The van der Waals surface area contributed by atoms with Crippen molar-refractivity contribution in [3.63, 3.8) is 0 Å². The Bertz CT molecular complexity index is 2230. The van der Waals surface area contributed by atoms with Gasteiger partial charge in [0.25, 0.3) is 11.5 Å². The number of carbonyl (C=O) groups is 4. The van der Waals surface area contributed by atoms with E-state index in [0.717, 1.165) is 61.5 Å². The van der Waals surface area contributed by atoms with Crippen molar-refractivity contribution in [3.05, 3.63) is 52.3 Å². The first-order chi connectivity index (χ1) is 29.4. The van der Waals surface area contributed by atoms with Gasteiger partial charge in [0.15, 0.2) is 0 Å². The molecule has 0 bridgehead atoms. The Morgan fingerprint density at radius 3 is 2.52 bits per heavy atom. The minimum atomic E-state index is -3.94. The highest BCUT2D eigenvalue weighted by Crippen LogP contribution is 2.47. The number of likely N-dealkylation sites (tertiary alicyclic amines) is 1. The molecule has 62 heavy (non-hydrogen) atoms. The molecule has 1 aromatic heterocycles. The van der Waals surface area contributed by atoms with Gasteiger partial charge in [0.1, 0.15) is 29.5 Å². The molecule has 15 nitrogen and oxygen atoms in total. The maximum atomic E-state index is 14.1. The van der Waals surface area contributed by atoms with Crippen LogP contribution in [0.2, 0.25) is 0 Å². The van der Waals surface area contributed by atoms with E-state index in [4.69, 9.17) is 9.47 Å². The normalized spacial score (nSPS) is 25.4. The van der Waals surface area contributed by atoms with E-state index in [0.29, 0.717) is 56.1 Å². The number of sulfonamides is 1. The van der Waals surface area contributed by atoms with Gasteiger partial charge in [-0.3, -0.25) is 23.9 Å². The summed E-state index contributed by atoms with van der Waals surface area (Å²) < 4.78 is 39.0. The van der Waals surface area contributed by atoms with Crippen LogP contribution < -0.4 is 31.0 Å². The molecule has 6 atom stereocenters. The van der Waals surface area contributed by atoms with Crippen molar-refractivity contribution in [1.29, 1.82) is 0 Å². The van der Waals surface area contributed by atoms with Gasteiger partial charge in [-0.25, -0.2) is 13.2 Å². The molecule has 1 aliphatic heterocycles. The molecule has 5 aliphatic rings. The summed E-state index contributed by atoms with van der Waals surface area (Å²) in [5.41, 5.74) is 0.207. The third kappa shape index (κ3) is 10.3. The van der Waals surface area contributed by atoms with Crippen LogP contribution in [0, 0.1) is 24.2 Å². The third-order valence-electron chi connectivity index (χ3n) is 13.5. The van der Waals surface area contributed by atoms with Crippen LogP contribution in [-0.2, 0) is 35.6 Å². The van der Waals surface area contributed by atoms with Crippen LogP contribution >= 0.6 is 0 Å². The van der Waals surface area contributed by atoms with Crippen molar-refractivity contribution >= 4 is 44.7 Å². The predicted octanol–water partition coefficient (Wildman–Crippen LogP) is 5.04. The Hall–Kier alpha value is -4.44. The topological polar surface area (TPSA) is 205 Å². The second-order valence-corrected chi connectivity index (χ2v) is 22.0. The van der Waals surface area contributed by atoms with E-state index in [1.807, 2.05) is 45.9 Å². The first kappa shape index (κ1) is 45.6. The van der Waals surface area contributed by atoms with E-state index in [-0.39, 0.29) is 30.5 Å². The van der Waals surface area contributed by atoms with E-state index in [1.165, 1.54) is 23.8 Å². The highest BCUT2D eigenvalue weighted by Gasteiger charge is 2.63. The quantitative estimate of drug-likeness (QED) is 0.0835. The number of benzene rings is 1. The number of unbranched alkanes of at least 4 members (excludes halogenated alkanes) is 2. The van der Waals surface area contributed by atoms with Gasteiger partial charge in [-0.15, -0.1) is 6.58 Å². The van der Waals surface area contributed by atoms with Gasteiger partial charge in [-0.05, 0) is 126 Å². The van der Waals surface area contributed by atoms with Crippen molar-refractivity contribution in [2.45, 2.75) is 159 Å². The molecule has 4 aliphatic carbocycles. The zero-order valence-corrected chi connectivity index (χ0v) is 37.8. The molecule has 0 spiro atoms. The van der Waals surface area contributed by atoms with E-state index >= 15 is 0 Å². The number of carbonyl (C=O) groups excluding carboxylic acids is 4. The van der Waals surface area contributed by atoms with Gasteiger partial charge in [0, 0.05) is 23.9 Å². The monoisotopic (exact) mass is 878 g/mol. The summed E-state index contributed by atoms with van der Waals surface area (Å²) in [6, 6.07) is 4.77. The number of aromatic amines is 1. The lowest BCUT2D eigenvalue weighted by Crippen LogP contribution is -2.60. The fourth-order valence-electron chi connectivity index (χ4n) is 8.73. The standard InChI is InChI=1S/C46H66N6O9S/c1-7-30-27-46(30,42(56)51-62(58,59)45(6)20-21-45)50-40(54)35-15-11-23-52(35)41(55)38(44(3,4)5)49-43(57)61-36-26-29(36)13-9-8-10-14-33-37(60-24-12-22-47-31-17-18-31)32-19-16-28(2)25-34(32)48-39(33)53/h7,16,19,25,29-31,35-36,38,47H,1,8-15,17-18,20-24,26-27H2,2-6H3,(H,48,53)(H,49,57)(H,50,54)(H,51,56)/t29-,30-,35+,36?,38-,46-/m1/s1. The molecule has 4 saturated carbocycles. The van der Waals surface area contributed by atoms with Gasteiger partial charge in [0.05, 0.1) is 22.4 Å². The molecule has 5 fully saturated rings. The van der Waals surface area contributed by atoms with Gasteiger partial charge >= 0.3 is 6.09 Å². The molecule has 2 aromatic rings. The van der Waals surface area contributed by atoms with E-state index < -0.39 is 67.5 Å². The number of nitrogens with one attached hydrogen (secondary N) is 5. The lowest BCUT2D eigenvalue weighted by molar-refractivity contribution is -0.142. The summed E-state index contributed by atoms with van der Waals surface area (Å²) in [4.78, 5) is 72.4. The molecule has 1 saturated heterocycles. The van der Waals surface area contributed by atoms with Crippen LogP contribution in [0.5, 0.6) is 5.75 Å². The van der Waals surface area contributed by atoms with E-state index in [2.05, 4.69) is 32.2 Å². The second-order valence-electron chi connectivity index (χ2n) is 19.8. The minimum Gasteiger partial charge on any atom is -0.492 e. The summed E-state index contributed by atoms with van der Waals surface area (Å²) in [5.74, 6) is -1.36. The van der Waals surface area contributed by atoms with Crippen molar-refractivity contribution in [1.82, 2.24) is 30.6 Å². The third-order valence-corrected chi connectivity index (χ3v) is 15.7. The maximum absolute atomic E-state index is 14.1. The fourth-order valence-corrected chi connectivity index (χ4v) is 10.0. The Labute approximate surface area is 365 Å². The van der Waals surface area contributed by atoms with Crippen molar-refractivity contribution in [2.24, 2.45) is 17.3 Å². The van der Waals surface area contributed by atoms with Crippen molar-refractivity contribution < 1.29 is 37.1 Å². The van der Waals surface area contributed by atoms with Crippen LogP contribution in [0.15, 0.2) is 35.6 Å². The summed E-state index contributed by atoms with van der Waals surface area (Å²) in [5, 5.41) is 10.0. The summed E-state index contributed by atoms with van der Waals surface area (Å²) >= 11 is 0. The number of alkyl carbamates (subject to hydrolysis) is 1. The molecule has 340 valence electrons. The number of hydrogen-bond acceptors (Lipinski definition) is 10. The lowest BCUT2D eigenvalue weighted by Gasteiger charge is -2.35. The predicted molar refractivity (Wildman–Crippen MR) is 236 cm³/mol. The SMILES string of the molecule is C=C[C@@H]1C[C@]1(NC(=O)[C@@H]1CCCN1C(=O)[C@@H](NC(=O)OC1C[C@H]1CCCCCc1c(OCCCNC2CC2)c2ccc(C)cc2[nH]c1=O)C(C)(C)C)C(=O)NS(=O)(=O)C1(C)CC1. The minimum absolute atomic E-state index is 0.114. The first-order valence-corrected chi connectivity index (χ1v) is 24.1. The Kier molecular flexibility index (Phi) is 13.2. The number of rotatable bonds is 21. The maximum Gasteiger partial charge on any atom is 0.408 e. The lowest BCUT2D eigenvalue weighted by atomic mass is 9.85. The summed E-state index contributed by atoms with van der Waals surface area (Å²) in [7, 11) is -3.94. The molecule has 0 radical (unpaired) electrons. The van der Waals surface area contributed by atoms with Crippen molar-refractivity contribution in [2.75, 3.05) is 19.7 Å². The van der Waals surface area contributed by atoms with Crippen molar-refractivity contribution in [3.8, 4) is 5.75 Å². The van der Waals surface area contributed by atoms with Crippen LogP contribution in [0.1, 0.15) is 122 Å². The number of ether oxygens (including phenoxy) is 2. The molecule has 4 amide bonds.